The molecule has 0 unspecified atom stereocenters. The van der Waals surface area contributed by atoms with Crippen LogP contribution in [0.25, 0.3) is 0 Å². The summed E-state index contributed by atoms with van der Waals surface area (Å²) < 4.78 is 0.0429. The zero-order valence-corrected chi connectivity index (χ0v) is 7.52. The number of hydrogen-bond donors (Lipinski definition) is 1. The van der Waals surface area contributed by atoms with Gasteiger partial charge in [-0.25, -0.2) is 0 Å². The van der Waals surface area contributed by atoms with Crippen molar-refractivity contribution >= 4 is 3.91 Å². The summed E-state index contributed by atoms with van der Waals surface area (Å²) in [6.45, 7) is 6.10. The standard InChI is InChI=1S/C5H11INO/c1-5(2,3)6-4(7)8/h1-3H3,(H2,7,8)/q-1. The minimum absolute atomic E-state index is 0.115. The maximum absolute atomic E-state index is 10.3. The molecule has 0 aromatic carbocycles. The Balaban J connectivity index is 3.55. The summed E-state index contributed by atoms with van der Waals surface area (Å²) in [5.74, 6) is 0. The first kappa shape index (κ1) is 8.20. The van der Waals surface area contributed by atoms with Gasteiger partial charge in [0.15, 0.2) is 0 Å². The van der Waals surface area contributed by atoms with Gasteiger partial charge < -0.3 is 0 Å². The second kappa shape index (κ2) is 2.66. The molecule has 0 heterocycles. The fourth-order valence-electron chi connectivity index (χ4n) is 0.279. The molecule has 0 saturated heterocycles. The van der Waals surface area contributed by atoms with Gasteiger partial charge in [-0.2, -0.15) is 0 Å². The van der Waals surface area contributed by atoms with Crippen molar-refractivity contribution in [1.29, 1.82) is 0 Å². The van der Waals surface area contributed by atoms with E-state index < -0.39 is 21.2 Å². The second-order valence-corrected chi connectivity index (χ2v) is 7.30. The van der Waals surface area contributed by atoms with Crippen LogP contribution in [0, 0.1) is 0 Å². The molecular formula is C5H11INO-. The molecule has 2 nitrogen and oxygen atoms in total. The Morgan fingerprint density at radius 2 is 1.88 bits per heavy atom. The van der Waals surface area contributed by atoms with Crippen LogP contribution in [0.15, 0.2) is 0 Å². The van der Waals surface area contributed by atoms with E-state index in [1.165, 1.54) is 0 Å². The summed E-state index contributed by atoms with van der Waals surface area (Å²) in [4.78, 5) is 10.3. The van der Waals surface area contributed by atoms with Crippen molar-refractivity contribution in [3.05, 3.63) is 0 Å². The first-order valence-corrected chi connectivity index (χ1v) is 4.53. The fraction of sp³-hybridized carbons (Fsp3) is 0.800. The van der Waals surface area contributed by atoms with Crippen molar-refractivity contribution in [3.8, 4) is 0 Å². The molecule has 3 heteroatoms. The van der Waals surface area contributed by atoms with Gasteiger partial charge in [0, 0.05) is 0 Å². The van der Waals surface area contributed by atoms with E-state index in [2.05, 4.69) is 0 Å². The van der Waals surface area contributed by atoms with Gasteiger partial charge in [0.1, 0.15) is 0 Å². The number of primary amides is 1. The van der Waals surface area contributed by atoms with Gasteiger partial charge in [-0.1, -0.05) is 0 Å². The third-order valence-corrected chi connectivity index (χ3v) is 2.53. The number of alkyl halides is 1. The van der Waals surface area contributed by atoms with Crippen LogP contribution >= 0.6 is 0 Å². The van der Waals surface area contributed by atoms with E-state index in [0.717, 1.165) is 0 Å². The van der Waals surface area contributed by atoms with Crippen LogP contribution < -0.4 is 26.9 Å². The first-order valence-electron chi connectivity index (χ1n) is 2.37. The molecule has 2 N–H and O–H groups in total. The molecule has 0 aromatic heterocycles. The van der Waals surface area contributed by atoms with Crippen molar-refractivity contribution in [2.24, 2.45) is 5.73 Å². The first-order chi connectivity index (χ1) is 3.42. The number of rotatable bonds is 1. The Bertz CT molecular complexity index is 95.1. The minimum atomic E-state index is -0.439. The van der Waals surface area contributed by atoms with Crippen LogP contribution in [0.4, 0.5) is 4.79 Å². The number of nitrogens with two attached hydrogens (primary N) is 1. The molecule has 0 saturated carbocycles. The van der Waals surface area contributed by atoms with Gasteiger partial charge in [0.2, 0.25) is 0 Å². The van der Waals surface area contributed by atoms with Crippen molar-refractivity contribution in [2.75, 3.05) is 0 Å². The summed E-state index contributed by atoms with van der Waals surface area (Å²) in [6, 6.07) is 0. The summed E-state index contributed by atoms with van der Waals surface area (Å²) in [5.41, 5.74) is 4.99. The zero-order valence-electron chi connectivity index (χ0n) is 5.36. The van der Waals surface area contributed by atoms with E-state index in [1.807, 2.05) is 20.8 Å². The number of carbonyl (C=O) groups excluding carboxylic acids is 1. The Morgan fingerprint density at radius 3 is 1.88 bits per heavy atom. The van der Waals surface area contributed by atoms with E-state index in [9.17, 15) is 4.79 Å². The van der Waals surface area contributed by atoms with Crippen LogP contribution in [0.5, 0.6) is 0 Å². The second-order valence-electron chi connectivity index (χ2n) is 2.47. The van der Waals surface area contributed by atoms with Gasteiger partial charge >= 0.3 is 59.8 Å². The molecule has 0 bridgehead atoms. The SMILES string of the molecule is CC(C)(C)[I-]C(N)=O. The molecule has 1 amide bonds. The molecule has 0 aliphatic carbocycles. The third-order valence-electron chi connectivity index (χ3n) is 0.377. The van der Waals surface area contributed by atoms with Gasteiger partial charge in [-0.3, -0.25) is 0 Å². The van der Waals surface area contributed by atoms with Crippen LogP contribution in [0.1, 0.15) is 20.8 Å². The molecule has 50 valence electrons. The monoisotopic (exact) mass is 228 g/mol. The topological polar surface area (TPSA) is 43.1 Å². The van der Waals surface area contributed by atoms with Gasteiger partial charge in [0.05, 0.1) is 0 Å². The van der Waals surface area contributed by atoms with Crippen molar-refractivity contribution in [3.63, 3.8) is 0 Å². The normalized spacial score (nSPS) is 11.9. The van der Waals surface area contributed by atoms with Crippen molar-refractivity contribution in [1.82, 2.24) is 0 Å². The van der Waals surface area contributed by atoms with Crippen LogP contribution in [-0.2, 0) is 0 Å². The van der Waals surface area contributed by atoms with Crippen LogP contribution in [0.3, 0.4) is 0 Å². The molecule has 0 atom stereocenters. The number of halogens is 1. The summed E-state index contributed by atoms with van der Waals surface area (Å²) in [6.07, 6.45) is 0. The zero-order chi connectivity index (χ0) is 6.78. The molecule has 8 heavy (non-hydrogen) atoms. The predicted octanol–water partition coefficient (Wildman–Crippen LogP) is -2.05. The Morgan fingerprint density at radius 1 is 1.50 bits per heavy atom. The van der Waals surface area contributed by atoms with E-state index in [4.69, 9.17) is 5.73 Å². The van der Waals surface area contributed by atoms with Crippen molar-refractivity contribution < 1.29 is 26.0 Å². The summed E-state index contributed by atoms with van der Waals surface area (Å²) >= 11 is -0.439. The number of carbonyl (C=O) groups is 1. The van der Waals surface area contributed by atoms with E-state index in [-0.39, 0.29) is 7.34 Å². The molecule has 0 aliphatic rings. The van der Waals surface area contributed by atoms with Gasteiger partial charge in [-0.15, -0.1) is 0 Å². The molecule has 0 aromatic rings. The third kappa shape index (κ3) is 6.20. The molecular weight excluding hydrogens is 217 g/mol. The average molecular weight is 228 g/mol. The Hall–Kier alpha value is 0.200. The van der Waals surface area contributed by atoms with Crippen LogP contribution in [0.2, 0.25) is 0 Å². The molecule has 0 spiro atoms. The quantitative estimate of drug-likeness (QED) is 0.239. The summed E-state index contributed by atoms with van der Waals surface area (Å²) in [7, 11) is 0. The van der Waals surface area contributed by atoms with Gasteiger partial charge in [-0.05, 0) is 0 Å². The van der Waals surface area contributed by atoms with E-state index in [0.29, 0.717) is 0 Å². The molecule has 0 aliphatic heterocycles. The molecule has 0 fully saturated rings. The maximum atomic E-state index is 10.3. The van der Waals surface area contributed by atoms with E-state index >= 15 is 0 Å². The number of amides is 1. The number of hydrogen-bond acceptors (Lipinski definition) is 1. The van der Waals surface area contributed by atoms with E-state index in [1.54, 1.807) is 0 Å². The molecule has 0 radical (unpaired) electrons. The average Bonchev–Trinajstić information content (AvgIpc) is 1.21. The Kier molecular flexibility index (Phi) is 2.73. The molecule has 0 rings (SSSR count). The van der Waals surface area contributed by atoms with Gasteiger partial charge in [0.25, 0.3) is 0 Å². The fourth-order valence-corrected chi connectivity index (χ4v) is 1.87. The van der Waals surface area contributed by atoms with Crippen molar-refractivity contribution in [2.45, 2.75) is 24.2 Å². The Labute approximate surface area is 60.1 Å². The predicted molar refractivity (Wildman–Crippen MR) is 29.3 cm³/mol. The summed E-state index contributed by atoms with van der Waals surface area (Å²) in [5, 5.41) is 0. The van der Waals surface area contributed by atoms with Crippen LogP contribution in [-0.4, -0.2) is 7.34 Å².